The summed E-state index contributed by atoms with van der Waals surface area (Å²) in [5, 5.41) is 8.69. The molecule has 0 fully saturated rings. The lowest BCUT2D eigenvalue weighted by atomic mass is 10.1. The summed E-state index contributed by atoms with van der Waals surface area (Å²) in [6, 6.07) is 11.0. The maximum Gasteiger partial charge on any atom is 0.133 e. The Balaban J connectivity index is 1.94. The molecule has 0 saturated heterocycles. The van der Waals surface area contributed by atoms with Gasteiger partial charge in [-0.05, 0) is 69.4 Å². The molecule has 3 heterocycles. The van der Waals surface area contributed by atoms with Crippen LogP contribution in [0.2, 0.25) is 0 Å². The summed E-state index contributed by atoms with van der Waals surface area (Å²) in [6.45, 7) is 7.48. The molecule has 124 valence electrons. The summed E-state index contributed by atoms with van der Waals surface area (Å²) < 4.78 is 2.13. The highest BCUT2D eigenvalue weighted by Crippen LogP contribution is 2.37. The van der Waals surface area contributed by atoms with Crippen molar-refractivity contribution in [2.75, 3.05) is 11.9 Å². The maximum atomic E-state index is 5.05. The first-order valence-corrected chi connectivity index (χ1v) is 9.45. The van der Waals surface area contributed by atoms with Crippen LogP contribution in [0.1, 0.15) is 34.4 Å². The van der Waals surface area contributed by atoms with Gasteiger partial charge in [-0.25, -0.2) is 4.68 Å². The third kappa shape index (κ3) is 2.65. The Labute approximate surface area is 147 Å². The molecule has 0 unspecified atom stereocenters. The van der Waals surface area contributed by atoms with Crippen LogP contribution in [0.5, 0.6) is 0 Å². The number of anilines is 1. The fourth-order valence-electron chi connectivity index (χ4n) is 3.38. The average Bonchev–Trinajstić information content (AvgIpc) is 3.05. The van der Waals surface area contributed by atoms with Gasteiger partial charge < -0.3 is 5.32 Å². The Hall–Kier alpha value is -2.07. The van der Waals surface area contributed by atoms with Crippen LogP contribution in [-0.4, -0.2) is 16.3 Å². The van der Waals surface area contributed by atoms with Crippen molar-refractivity contribution in [2.24, 2.45) is 0 Å². The molecule has 0 atom stereocenters. The SMILES string of the molecule is Cc1ccc(C)c(-n2nc(-c3ccc(C)s3)c3c2NCCCC3)c1. The molecule has 1 aliphatic heterocycles. The smallest absolute Gasteiger partial charge is 0.133 e. The van der Waals surface area contributed by atoms with E-state index >= 15 is 0 Å². The monoisotopic (exact) mass is 337 g/mol. The highest BCUT2D eigenvalue weighted by molar-refractivity contribution is 7.15. The van der Waals surface area contributed by atoms with Gasteiger partial charge >= 0.3 is 0 Å². The number of hydrogen-bond donors (Lipinski definition) is 1. The van der Waals surface area contributed by atoms with Gasteiger partial charge in [0.25, 0.3) is 0 Å². The third-order valence-corrected chi connectivity index (χ3v) is 5.70. The molecule has 1 N–H and O–H groups in total. The molecule has 0 amide bonds. The molecular weight excluding hydrogens is 314 g/mol. The molecule has 24 heavy (non-hydrogen) atoms. The number of hydrogen-bond acceptors (Lipinski definition) is 3. The molecule has 1 aromatic carbocycles. The van der Waals surface area contributed by atoms with E-state index in [1.165, 1.54) is 50.8 Å². The minimum atomic E-state index is 1.02. The summed E-state index contributed by atoms with van der Waals surface area (Å²) in [4.78, 5) is 2.61. The Bertz CT molecular complexity index is 888. The van der Waals surface area contributed by atoms with Crippen LogP contribution in [0.15, 0.2) is 30.3 Å². The topological polar surface area (TPSA) is 29.9 Å². The van der Waals surface area contributed by atoms with Crippen molar-refractivity contribution in [1.29, 1.82) is 0 Å². The first-order valence-electron chi connectivity index (χ1n) is 8.63. The van der Waals surface area contributed by atoms with E-state index in [2.05, 4.69) is 61.1 Å². The molecule has 0 aliphatic carbocycles. The van der Waals surface area contributed by atoms with Crippen LogP contribution in [0, 0.1) is 20.8 Å². The van der Waals surface area contributed by atoms with Crippen molar-refractivity contribution in [1.82, 2.24) is 9.78 Å². The summed E-state index contributed by atoms with van der Waals surface area (Å²) in [5.74, 6) is 1.18. The predicted octanol–water partition coefficient (Wildman–Crippen LogP) is 5.27. The lowest BCUT2D eigenvalue weighted by Gasteiger charge is -2.12. The van der Waals surface area contributed by atoms with Crippen molar-refractivity contribution in [3.05, 3.63) is 51.9 Å². The van der Waals surface area contributed by atoms with E-state index in [1.807, 2.05) is 11.3 Å². The van der Waals surface area contributed by atoms with E-state index < -0.39 is 0 Å². The molecule has 0 spiro atoms. The highest BCUT2D eigenvalue weighted by Gasteiger charge is 2.23. The quantitative estimate of drug-likeness (QED) is 0.690. The highest BCUT2D eigenvalue weighted by atomic mass is 32.1. The molecule has 4 heteroatoms. The zero-order chi connectivity index (χ0) is 16.7. The van der Waals surface area contributed by atoms with Crippen molar-refractivity contribution in [2.45, 2.75) is 40.0 Å². The van der Waals surface area contributed by atoms with E-state index in [-0.39, 0.29) is 0 Å². The van der Waals surface area contributed by atoms with Crippen LogP contribution in [-0.2, 0) is 6.42 Å². The number of aryl methyl sites for hydroxylation is 3. The van der Waals surface area contributed by atoms with E-state index in [0.29, 0.717) is 0 Å². The maximum absolute atomic E-state index is 5.05. The van der Waals surface area contributed by atoms with Gasteiger partial charge in [0.1, 0.15) is 11.5 Å². The summed E-state index contributed by atoms with van der Waals surface area (Å²) in [7, 11) is 0. The summed E-state index contributed by atoms with van der Waals surface area (Å²) >= 11 is 1.83. The number of fused-ring (bicyclic) bond motifs is 1. The second kappa shape index (κ2) is 6.10. The van der Waals surface area contributed by atoms with Gasteiger partial charge in [0.05, 0.1) is 10.6 Å². The summed E-state index contributed by atoms with van der Waals surface area (Å²) in [6.07, 6.45) is 3.53. The molecule has 0 radical (unpaired) electrons. The third-order valence-electron chi connectivity index (χ3n) is 4.70. The molecule has 2 aromatic heterocycles. The lowest BCUT2D eigenvalue weighted by molar-refractivity contribution is 0.780. The van der Waals surface area contributed by atoms with Crippen LogP contribution in [0.3, 0.4) is 0 Å². The largest absolute Gasteiger partial charge is 0.370 e. The number of aromatic nitrogens is 2. The number of nitrogens with zero attached hydrogens (tertiary/aromatic N) is 2. The van der Waals surface area contributed by atoms with Crippen molar-refractivity contribution >= 4 is 17.2 Å². The van der Waals surface area contributed by atoms with Crippen LogP contribution >= 0.6 is 11.3 Å². The fourth-order valence-corrected chi connectivity index (χ4v) is 4.26. The second-order valence-corrected chi connectivity index (χ2v) is 7.96. The van der Waals surface area contributed by atoms with Gasteiger partial charge in [-0.15, -0.1) is 11.3 Å². The van der Waals surface area contributed by atoms with Gasteiger partial charge in [-0.2, -0.15) is 5.10 Å². The number of nitrogens with one attached hydrogen (secondary N) is 1. The van der Waals surface area contributed by atoms with E-state index in [4.69, 9.17) is 5.10 Å². The zero-order valence-electron chi connectivity index (χ0n) is 14.5. The Morgan fingerprint density at radius 2 is 1.96 bits per heavy atom. The molecule has 3 aromatic rings. The zero-order valence-corrected chi connectivity index (χ0v) is 15.3. The minimum absolute atomic E-state index is 1.02. The normalized spacial score (nSPS) is 14.1. The van der Waals surface area contributed by atoms with Gasteiger partial charge in [0.15, 0.2) is 0 Å². The summed E-state index contributed by atoms with van der Waals surface area (Å²) in [5.41, 5.74) is 6.22. The van der Waals surface area contributed by atoms with E-state index in [0.717, 1.165) is 18.7 Å². The Morgan fingerprint density at radius 1 is 1.08 bits per heavy atom. The van der Waals surface area contributed by atoms with E-state index in [9.17, 15) is 0 Å². The molecule has 4 rings (SSSR count). The van der Waals surface area contributed by atoms with Crippen LogP contribution in [0.25, 0.3) is 16.3 Å². The second-order valence-electron chi connectivity index (χ2n) is 6.67. The van der Waals surface area contributed by atoms with Crippen LogP contribution < -0.4 is 5.32 Å². The number of thiophene rings is 1. The molecular formula is C20H23N3S. The number of benzene rings is 1. The molecule has 0 saturated carbocycles. The predicted molar refractivity (Wildman–Crippen MR) is 103 cm³/mol. The average molecular weight is 337 g/mol. The standard InChI is InChI=1S/C20H23N3S/c1-13-7-8-14(2)17(12-13)23-20-16(6-4-5-11-21-20)19(22-23)18-10-9-15(3)24-18/h7-10,12,21H,4-6,11H2,1-3H3. The molecule has 1 aliphatic rings. The van der Waals surface area contributed by atoms with Crippen LogP contribution in [0.4, 0.5) is 5.82 Å². The Morgan fingerprint density at radius 3 is 2.75 bits per heavy atom. The van der Waals surface area contributed by atoms with Gasteiger partial charge in [-0.3, -0.25) is 0 Å². The number of rotatable bonds is 2. The Kier molecular flexibility index (Phi) is 3.93. The van der Waals surface area contributed by atoms with Gasteiger partial charge in [0, 0.05) is 17.0 Å². The van der Waals surface area contributed by atoms with Crippen molar-refractivity contribution in [3.63, 3.8) is 0 Å². The van der Waals surface area contributed by atoms with E-state index in [1.54, 1.807) is 0 Å². The first kappa shape index (κ1) is 15.5. The van der Waals surface area contributed by atoms with Crippen molar-refractivity contribution < 1.29 is 0 Å². The fraction of sp³-hybridized carbons (Fsp3) is 0.350. The lowest BCUT2D eigenvalue weighted by Crippen LogP contribution is -2.08. The molecule has 0 bridgehead atoms. The first-order chi connectivity index (χ1) is 11.6. The minimum Gasteiger partial charge on any atom is -0.370 e. The van der Waals surface area contributed by atoms with Crippen molar-refractivity contribution in [3.8, 4) is 16.3 Å². The van der Waals surface area contributed by atoms with Gasteiger partial charge in [-0.1, -0.05) is 12.1 Å². The molecule has 3 nitrogen and oxygen atoms in total. The van der Waals surface area contributed by atoms with Gasteiger partial charge in [0.2, 0.25) is 0 Å².